The van der Waals surface area contributed by atoms with E-state index in [-0.39, 0.29) is 11.8 Å². The highest BCUT2D eigenvalue weighted by Crippen LogP contribution is 2.11. The lowest BCUT2D eigenvalue weighted by molar-refractivity contribution is 0.0942. The second-order valence-electron chi connectivity index (χ2n) is 5.32. The van der Waals surface area contributed by atoms with Crippen molar-refractivity contribution < 1.29 is 9.59 Å². The molecule has 0 saturated heterocycles. The van der Waals surface area contributed by atoms with Gasteiger partial charge in [0.15, 0.2) is 0 Å². The minimum Gasteiger partial charge on any atom is -0.310 e. The van der Waals surface area contributed by atoms with Crippen LogP contribution < -0.4 is 10.6 Å². The van der Waals surface area contributed by atoms with Crippen molar-refractivity contribution in [2.24, 2.45) is 9.98 Å². The first kappa shape index (κ1) is 14.4. The Bertz CT molecular complexity index is 607. The van der Waals surface area contributed by atoms with Gasteiger partial charge in [0.25, 0.3) is 11.8 Å². The van der Waals surface area contributed by atoms with E-state index < -0.39 is 0 Å². The van der Waals surface area contributed by atoms with Crippen molar-refractivity contribution in [3.05, 3.63) is 35.4 Å². The zero-order valence-electron chi connectivity index (χ0n) is 12.3. The number of nitrogens with one attached hydrogen (secondary N) is 2. The number of carbonyl (C=O) groups is 2. The normalized spacial score (nSPS) is 16.9. The molecule has 2 amide bonds. The lowest BCUT2D eigenvalue weighted by Gasteiger charge is -2.10. The van der Waals surface area contributed by atoms with E-state index in [0.717, 1.165) is 38.8 Å². The molecule has 2 N–H and O–H groups in total. The molecule has 0 radical (unpaired) electrons. The molecule has 0 unspecified atom stereocenters. The van der Waals surface area contributed by atoms with Crippen LogP contribution in [0.2, 0.25) is 0 Å². The molecule has 114 valence electrons. The van der Waals surface area contributed by atoms with E-state index in [2.05, 4.69) is 20.6 Å². The van der Waals surface area contributed by atoms with Gasteiger partial charge in [-0.15, -0.1) is 0 Å². The summed E-state index contributed by atoms with van der Waals surface area (Å²) in [6.07, 6.45) is 3.46. The number of benzene rings is 1. The summed E-state index contributed by atoms with van der Waals surface area (Å²) in [6, 6.07) is 6.79. The van der Waals surface area contributed by atoms with E-state index in [1.54, 1.807) is 24.3 Å². The van der Waals surface area contributed by atoms with Gasteiger partial charge in [-0.2, -0.15) is 0 Å². The van der Waals surface area contributed by atoms with Crippen LogP contribution in [0.4, 0.5) is 0 Å². The third-order valence-electron chi connectivity index (χ3n) is 3.68. The molecule has 0 aliphatic carbocycles. The SMILES string of the molecule is O=C(NC1=NCCC1)c1ccccc1C(=O)NC1=NCCC1. The van der Waals surface area contributed by atoms with E-state index in [4.69, 9.17) is 0 Å². The first-order chi connectivity index (χ1) is 10.7. The quantitative estimate of drug-likeness (QED) is 0.868. The molecule has 22 heavy (non-hydrogen) atoms. The summed E-state index contributed by atoms with van der Waals surface area (Å²) in [6.45, 7) is 1.50. The fourth-order valence-electron chi connectivity index (χ4n) is 2.56. The topological polar surface area (TPSA) is 82.9 Å². The molecule has 0 bridgehead atoms. The Morgan fingerprint density at radius 2 is 1.27 bits per heavy atom. The maximum Gasteiger partial charge on any atom is 0.257 e. The lowest BCUT2D eigenvalue weighted by atomic mass is 10.1. The number of amides is 2. The minimum absolute atomic E-state index is 0.292. The van der Waals surface area contributed by atoms with E-state index in [1.165, 1.54) is 0 Å². The predicted octanol–water partition coefficient (Wildman–Crippen LogP) is 1.53. The molecule has 0 aromatic heterocycles. The summed E-state index contributed by atoms with van der Waals surface area (Å²) in [5.74, 6) is 0.806. The van der Waals surface area contributed by atoms with Crippen molar-refractivity contribution >= 4 is 23.5 Å². The summed E-state index contributed by atoms with van der Waals surface area (Å²) in [7, 11) is 0. The van der Waals surface area contributed by atoms with Crippen molar-refractivity contribution in [2.45, 2.75) is 25.7 Å². The Labute approximate surface area is 128 Å². The number of aliphatic imine (C=N–C) groups is 2. The number of hydrogen-bond acceptors (Lipinski definition) is 4. The number of rotatable bonds is 2. The molecule has 2 heterocycles. The van der Waals surface area contributed by atoms with Gasteiger partial charge in [-0.05, 0) is 25.0 Å². The average molecular weight is 298 g/mol. The van der Waals surface area contributed by atoms with Gasteiger partial charge in [0.05, 0.1) is 11.1 Å². The average Bonchev–Trinajstić information content (AvgIpc) is 3.21. The molecule has 0 atom stereocenters. The first-order valence-corrected chi connectivity index (χ1v) is 7.52. The Hall–Kier alpha value is -2.50. The Morgan fingerprint density at radius 1 is 0.818 bits per heavy atom. The molecular formula is C16H18N4O2. The van der Waals surface area contributed by atoms with Gasteiger partial charge in [0.2, 0.25) is 0 Å². The van der Waals surface area contributed by atoms with Crippen LogP contribution in [0.5, 0.6) is 0 Å². The summed E-state index contributed by atoms with van der Waals surface area (Å²) >= 11 is 0. The van der Waals surface area contributed by atoms with Crippen LogP contribution >= 0.6 is 0 Å². The molecule has 1 aromatic carbocycles. The Morgan fingerprint density at radius 3 is 1.64 bits per heavy atom. The third kappa shape index (κ3) is 3.21. The maximum absolute atomic E-state index is 12.4. The molecular weight excluding hydrogens is 280 g/mol. The van der Waals surface area contributed by atoms with Gasteiger partial charge in [-0.3, -0.25) is 19.6 Å². The monoisotopic (exact) mass is 298 g/mol. The first-order valence-electron chi connectivity index (χ1n) is 7.52. The van der Waals surface area contributed by atoms with Crippen LogP contribution in [-0.2, 0) is 0 Å². The highest BCUT2D eigenvalue weighted by Gasteiger charge is 2.20. The minimum atomic E-state index is -0.292. The van der Waals surface area contributed by atoms with Crippen LogP contribution in [0, 0.1) is 0 Å². The zero-order valence-corrected chi connectivity index (χ0v) is 12.3. The molecule has 0 fully saturated rings. The van der Waals surface area contributed by atoms with Crippen molar-refractivity contribution in [2.75, 3.05) is 13.1 Å². The van der Waals surface area contributed by atoms with E-state index in [1.807, 2.05) is 0 Å². The van der Waals surface area contributed by atoms with Crippen LogP contribution in [0.15, 0.2) is 34.3 Å². The standard InChI is InChI=1S/C16H18N4O2/c21-15(19-13-7-3-9-17-13)11-5-1-2-6-12(11)16(22)20-14-8-4-10-18-14/h1-2,5-6H,3-4,7-10H2,(H,17,19,21)(H,18,20,22). The van der Waals surface area contributed by atoms with Crippen molar-refractivity contribution in [1.82, 2.24) is 10.6 Å². The van der Waals surface area contributed by atoms with E-state index in [0.29, 0.717) is 22.8 Å². The molecule has 0 saturated carbocycles. The van der Waals surface area contributed by atoms with Crippen molar-refractivity contribution in [3.8, 4) is 0 Å². The second kappa shape index (κ2) is 6.51. The van der Waals surface area contributed by atoms with Gasteiger partial charge in [0.1, 0.15) is 11.7 Å². The Kier molecular flexibility index (Phi) is 4.27. The van der Waals surface area contributed by atoms with Crippen molar-refractivity contribution in [1.29, 1.82) is 0 Å². The van der Waals surface area contributed by atoms with E-state index in [9.17, 15) is 9.59 Å². The smallest absolute Gasteiger partial charge is 0.257 e. The van der Waals surface area contributed by atoms with Gasteiger partial charge in [-0.25, -0.2) is 0 Å². The largest absolute Gasteiger partial charge is 0.310 e. The summed E-state index contributed by atoms with van der Waals surface area (Å²) < 4.78 is 0. The van der Waals surface area contributed by atoms with Gasteiger partial charge in [0, 0.05) is 25.9 Å². The van der Waals surface area contributed by atoms with Gasteiger partial charge < -0.3 is 10.6 Å². The van der Waals surface area contributed by atoms with Crippen molar-refractivity contribution in [3.63, 3.8) is 0 Å². The second-order valence-corrected chi connectivity index (χ2v) is 5.32. The van der Waals surface area contributed by atoms with Gasteiger partial charge in [-0.1, -0.05) is 12.1 Å². The highest BCUT2D eigenvalue weighted by molar-refractivity contribution is 6.15. The number of amidine groups is 2. The third-order valence-corrected chi connectivity index (χ3v) is 3.68. The maximum atomic E-state index is 12.4. The molecule has 2 aliphatic rings. The molecule has 2 aliphatic heterocycles. The zero-order chi connectivity index (χ0) is 15.4. The van der Waals surface area contributed by atoms with Crippen LogP contribution in [-0.4, -0.2) is 36.6 Å². The molecule has 6 nitrogen and oxygen atoms in total. The van der Waals surface area contributed by atoms with Gasteiger partial charge >= 0.3 is 0 Å². The fourth-order valence-corrected chi connectivity index (χ4v) is 2.56. The molecule has 0 spiro atoms. The number of carbonyl (C=O) groups excluding carboxylic acids is 2. The Balaban J connectivity index is 1.76. The summed E-state index contributed by atoms with van der Waals surface area (Å²) in [5.41, 5.74) is 0.710. The summed E-state index contributed by atoms with van der Waals surface area (Å²) in [5, 5.41) is 5.57. The van der Waals surface area contributed by atoms with Crippen LogP contribution in [0.1, 0.15) is 46.4 Å². The fraction of sp³-hybridized carbons (Fsp3) is 0.375. The number of nitrogens with zero attached hydrogens (tertiary/aromatic N) is 2. The lowest BCUT2D eigenvalue weighted by Crippen LogP contribution is -2.34. The van der Waals surface area contributed by atoms with Crippen LogP contribution in [0.3, 0.4) is 0 Å². The summed E-state index contributed by atoms with van der Waals surface area (Å²) in [4.78, 5) is 33.2. The molecule has 1 aromatic rings. The predicted molar refractivity (Wildman–Crippen MR) is 84.4 cm³/mol. The molecule has 6 heteroatoms. The highest BCUT2D eigenvalue weighted by atomic mass is 16.2. The number of hydrogen-bond donors (Lipinski definition) is 2. The molecule has 3 rings (SSSR count). The van der Waals surface area contributed by atoms with Crippen LogP contribution in [0.25, 0.3) is 0 Å². The van der Waals surface area contributed by atoms with E-state index >= 15 is 0 Å².